The standard InChI is InChI=1S/C27H28N2O5S/c1-4-34-27(33)22-16(2)17(3)35-24(22)28-21(30)14-6-5-7-15-29-25(31)19-12-8-10-18-11-9-13-20(23(18)19)26(29)32/h8-13H,4-7,14-15H2,1-3H3,(H,28,30). The first-order chi connectivity index (χ1) is 16.8. The molecule has 1 aliphatic heterocycles. The van der Waals surface area contributed by atoms with Gasteiger partial charge in [0.2, 0.25) is 5.91 Å². The van der Waals surface area contributed by atoms with E-state index in [1.807, 2.05) is 38.1 Å². The summed E-state index contributed by atoms with van der Waals surface area (Å²) in [6.07, 6.45) is 2.17. The van der Waals surface area contributed by atoms with Gasteiger partial charge in [-0.2, -0.15) is 0 Å². The van der Waals surface area contributed by atoms with Crippen molar-refractivity contribution < 1.29 is 23.9 Å². The van der Waals surface area contributed by atoms with Gasteiger partial charge >= 0.3 is 5.97 Å². The molecule has 0 fully saturated rings. The van der Waals surface area contributed by atoms with Crippen molar-refractivity contribution in [3.05, 3.63) is 63.5 Å². The van der Waals surface area contributed by atoms with E-state index in [4.69, 9.17) is 4.74 Å². The summed E-state index contributed by atoms with van der Waals surface area (Å²) in [5.41, 5.74) is 2.34. The third kappa shape index (κ3) is 4.84. The van der Waals surface area contributed by atoms with E-state index in [2.05, 4.69) is 5.32 Å². The first-order valence-corrected chi connectivity index (χ1v) is 12.6. The normalized spacial score (nSPS) is 12.8. The Kier molecular flexibility index (Phi) is 7.31. The molecule has 0 spiro atoms. The first kappa shape index (κ1) is 24.6. The summed E-state index contributed by atoms with van der Waals surface area (Å²) in [6.45, 7) is 6.06. The number of anilines is 1. The SMILES string of the molecule is CCOC(=O)c1c(NC(=O)CCCCCN2C(=O)c3cccc4cccc(c34)C2=O)sc(C)c1C. The number of aryl methyl sites for hydroxylation is 1. The molecule has 0 aliphatic carbocycles. The number of rotatable bonds is 9. The van der Waals surface area contributed by atoms with E-state index in [9.17, 15) is 19.2 Å². The molecule has 2 heterocycles. The van der Waals surface area contributed by atoms with E-state index >= 15 is 0 Å². The average molecular weight is 493 g/mol. The zero-order chi connectivity index (χ0) is 25.1. The maximum atomic E-state index is 13.0. The van der Waals surface area contributed by atoms with Gasteiger partial charge in [-0.05, 0) is 56.7 Å². The van der Waals surface area contributed by atoms with Crippen LogP contribution in [0.3, 0.4) is 0 Å². The number of ether oxygens (including phenoxy) is 1. The lowest BCUT2D eigenvalue weighted by Gasteiger charge is -2.27. The number of hydrogen-bond donors (Lipinski definition) is 1. The summed E-state index contributed by atoms with van der Waals surface area (Å²) >= 11 is 1.36. The fraction of sp³-hybridized carbons (Fsp3) is 0.333. The number of hydrogen-bond acceptors (Lipinski definition) is 6. The number of esters is 1. The van der Waals surface area contributed by atoms with Crippen LogP contribution < -0.4 is 5.32 Å². The Balaban J connectivity index is 1.30. The van der Waals surface area contributed by atoms with Crippen LogP contribution >= 0.6 is 11.3 Å². The number of amides is 3. The Morgan fingerprint density at radius 3 is 2.26 bits per heavy atom. The van der Waals surface area contributed by atoms with Gasteiger partial charge in [0.05, 0.1) is 12.2 Å². The second-order valence-electron chi connectivity index (χ2n) is 8.54. The Hall–Kier alpha value is -3.52. The smallest absolute Gasteiger partial charge is 0.341 e. The molecule has 4 rings (SSSR count). The molecule has 0 saturated heterocycles. The van der Waals surface area contributed by atoms with Crippen LogP contribution in [0.4, 0.5) is 5.00 Å². The third-order valence-corrected chi connectivity index (χ3v) is 7.38. The minimum atomic E-state index is -0.433. The van der Waals surface area contributed by atoms with Gasteiger partial charge < -0.3 is 10.1 Å². The van der Waals surface area contributed by atoms with E-state index in [-0.39, 0.29) is 30.7 Å². The molecule has 0 unspecified atom stereocenters. The molecule has 8 heteroatoms. The zero-order valence-corrected chi connectivity index (χ0v) is 20.9. The third-order valence-electron chi connectivity index (χ3n) is 6.26. The molecule has 0 atom stereocenters. The molecule has 7 nitrogen and oxygen atoms in total. The minimum Gasteiger partial charge on any atom is -0.462 e. The van der Waals surface area contributed by atoms with Gasteiger partial charge in [0.1, 0.15) is 5.00 Å². The molecule has 0 saturated carbocycles. The summed E-state index contributed by atoms with van der Waals surface area (Å²) in [4.78, 5) is 53.0. The Bertz CT molecular complexity index is 1280. The number of nitrogens with zero attached hydrogens (tertiary/aromatic N) is 1. The van der Waals surface area contributed by atoms with Gasteiger partial charge in [0.25, 0.3) is 11.8 Å². The van der Waals surface area contributed by atoms with Crippen LogP contribution in [0.15, 0.2) is 36.4 Å². The average Bonchev–Trinajstić information content (AvgIpc) is 3.11. The van der Waals surface area contributed by atoms with Gasteiger partial charge in [-0.25, -0.2) is 4.79 Å². The molecule has 3 amide bonds. The van der Waals surface area contributed by atoms with Crippen molar-refractivity contribution in [3.8, 4) is 0 Å². The minimum absolute atomic E-state index is 0.178. The number of nitrogens with one attached hydrogen (secondary N) is 1. The topological polar surface area (TPSA) is 92.8 Å². The molecule has 3 aromatic rings. The van der Waals surface area contributed by atoms with Crippen molar-refractivity contribution in [1.29, 1.82) is 0 Å². The Labute approximate surface area is 208 Å². The molecule has 182 valence electrons. The van der Waals surface area contributed by atoms with Crippen LogP contribution in [0.1, 0.15) is 74.1 Å². The van der Waals surface area contributed by atoms with E-state index < -0.39 is 5.97 Å². The highest BCUT2D eigenvalue weighted by molar-refractivity contribution is 7.16. The molecule has 1 aliphatic rings. The summed E-state index contributed by atoms with van der Waals surface area (Å²) < 4.78 is 5.13. The van der Waals surface area contributed by atoms with Gasteiger partial charge in [-0.1, -0.05) is 30.7 Å². The summed E-state index contributed by atoms with van der Waals surface area (Å²) in [5, 5.41) is 4.97. The second-order valence-corrected chi connectivity index (χ2v) is 9.76. The molecule has 0 radical (unpaired) electrons. The summed E-state index contributed by atoms with van der Waals surface area (Å²) in [7, 11) is 0. The fourth-order valence-electron chi connectivity index (χ4n) is 4.37. The van der Waals surface area contributed by atoms with Gasteiger partial charge in [0, 0.05) is 34.4 Å². The molecular weight excluding hydrogens is 464 g/mol. The molecule has 35 heavy (non-hydrogen) atoms. The van der Waals surface area contributed by atoms with Crippen molar-refractivity contribution in [1.82, 2.24) is 4.90 Å². The highest BCUT2D eigenvalue weighted by atomic mass is 32.1. The van der Waals surface area contributed by atoms with E-state index in [1.165, 1.54) is 16.2 Å². The summed E-state index contributed by atoms with van der Waals surface area (Å²) in [6, 6.07) is 11.0. The van der Waals surface area contributed by atoms with Crippen LogP contribution in [-0.2, 0) is 9.53 Å². The van der Waals surface area contributed by atoms with E-state index in [1.54, 1.807) is 19.1 Å². The van der Waals surface area contributed by atoms with E-state index in [0.29, 0.717) is 47.5 Å². The maximum absolute atomic E-state index is 13.0. The number of thiophene rings is 1. The molecule has 2 aromatic carbocycles. The van der Waals surface area contributed by atoms with Crippen LogP contribution in [-0.4, -0.2) is 41.7 Å². The summed E-state index contributed by atoms with van der Waals surface area (Å²) in [5.74, 6) is -1.15. The van der Waals surface area contributed by atoms with E-state index in [0.717, 1.165) is 21.2 Å². The second kappa shape index (κ2) is 10.4. The quantitative estimate of drug-likeness (QED) is 0.242. The zero-order valence-electron chi connectivity index (χ0n) is 20.1. The van der Waals surface area contributed by atoms with Crippen LogP contribution in [0.25, 0.3) is 10.8 Å². The largest absolute Gasteiger partial charge is 0.462 e. The van der Waals surface area contributed by atoms with Crippen molar-refractivity contribution in [2.24, 2.45) is 0 Å². The molecule has 1 N–H and O–H groups in total. The van der Waals surface area contributed by atoms with Crippen molar-refractivity contribution in [2.45, 2.75) is 46.5 Å². The predicted octanol–water partition coefficient (Wildman–Crippen LogP) is 5.49. The monoisotopic (exact) mass is 492 g/mol. The van der Waals surface area contributed by atoms with Gasteiger partial charge in [-0.3, -0.25) is 19.3 Å². The Morgan fingerprint density at radius 1 is 0.971 bits per heavy atom. The van der Waals surface area contributed by atoms with Crippen molar-refractivity contribution in [3.63, 3.8) is 0 Å². The van der Waals surface area contributed by atoms with Crippen LogP contribution in [0.5, 0.6) is 0 Å². The highest BCUT2D eigenvalue weighted by Crippen LogP contribution is 2.33. The lowest BCUT2D eigenvalue weighted by atomic mass is 9.94. The molecule has 0 bridgehead atoms. The van der Waals surface area contributed by atoms with Crippen molar-refractivity contribution in [2.75, 3.05) is 18.5 Å². The highest BCUT2D eigenvalue weighted by Gasteiger charge is 2.32. The van der Waals surface area contributed by atoms with Crippen molar-refractivity contribution >= 4 is 50.8 Å². The number of unbranched alkanes of at least 4 members (excludes halogenated alkanes) is 2. The van der Waals surface area contributed by atoms with Crippen LogP contribution in [0, 0.1) is 13.8 Å². The number of carbonyl (C=O) groups is 4. The molecule has 1 aromatic heterocycles. The fourth-order valence-corrected chi connectivity index (χ4v) is 5.43. The van der Waals surface area contributed by atoms with Gasteiger partial charge in [0.15, 0.2) is 0 Å². The maximum Gasteiger partial charge on any atom is 0.341 e. The first-order valence-electron chi connectivity index (χ1n) is 11.8. The van der Waals surface area contributed by atoms with Gasteiger partial charge in [-0.15, -0.1) is 11.3 Å². The number of imide groups is 1. The van der Waals surface area contributed by atoms with Crippen LogP contribution in [0.2, 0.25) is 0 Å². The lowest BCUT2D eigenvalue weighted by Crippen LogP contribution is -2.40. The Morgan fingerprint density at radius 2 is 1.63 bits per heavy atom. The predicted molar refractivity (Wildman–Crippen MR) is 136 cm³/mol. The number of benzene rings is 2. The molecular formula is C27H28N2O5S. The lowest BCUT2D eigenvalue weighted by molar-refractivity contribution is -0.116. The number of carbonyl (C=O) groups excluding carboxylic acids is 4.